The van der Waals surface area contributed by atoms with Crippen molar-refractivity contribution in [3.63, 3.8) is 0 Å². The molecule has 0 saturated heterocycles. The Bertz CT molecular complexity index is 643. The maximum atomic E-state index is 12.9. The van der Waals surface area contributed by atoms with Crippen molar-refractivity contribution >= 4 is 21.6 Å². The van der Waals surface area contributed by atoms with Crippen LogP contribution in [0.25, 0.3) is 0 Å². The van der Waals surface area contributed by atoms with Crippen LogP contribution in [0.5, 0.6) is 5.75 Å². The molecule has 1 unspecified atom stereocenters. The number of aromatic hydroxyl groups is 1. The van der Waals surface area contributed by atoms with Gasteiger partial charge in [0, 0.05) is 16.2 Å². The first-order valence-electron chi connectivity index (χ1n) is 6.19. The van der Waals surface area contributed by atoms with Crippen molar-refractivity contribution in [2.75, 3.05) is 5.32 Å². The van der Waals surface area contributed by atoms with Crippen LogP contribution in [0, 0.1) is 0 Å². The standard InChI is InChI=1S/C15H13BrF3NO/c1-9(10-3-2-4-12(21)7-10)20-11-5-6-14(16)13(8-11)15(17,18)19/h2-9,20-21H,1H3. The second-order valence-electron chi connectivity index (χ2n) is 4.65. The number of phenolic OH excluding ortho intramolecular Hbond substituents is 1. The third-order valence-electron chi connectivity index (χ3n) is 3.03. The molecule has 2 nitrogen and oxygen atoms in total. The summed E-state index contributed by atoms with van der Waals surface area (Å²) in [5.74, 6) is 0.118. The summed E-state index contributed by atoms with van der Waals surface area (Å²) in [6.45, 7) is 1.81. The van der Waals surface area contributed by atoms with Crippen LogP contribution in [-0.4, -0.2) is 5.11 Å². The quantitative estimate of drug-likeness (QED) is 0.774. The lowest BCUT2D eigenvalue weighted by Crippen LogP contribution is -2.10. The zero-order chi connectivity index (χ0) is 15.6. The minimum Gasteiger partial charge on any atom is -0.508 e. The monoisotopic (exact) mass is 359 g/mol. The van der Waals surface area contributed by atoms with Gasteiger partial charge >= 0.3 is 6.18 Å². The van der Waals surface area contributed by atoms with Gasteiger partial charge in [-0.2, -0.15) is 13.2 Å². The molecular weight excluding hydrogens is 347 g/mol. The van der Waals surface area contributed by atoms with Gasteiger partial charge < -0.3 is 10.4 Å². The number of benzene rings is 2. The van der Waals surface area contributed by atoms with E-state index in [0.717, 1.165) is 11.6 Å². The van der Waals surface area contributed by atoms with E-state index in [-0.39, 0.29) is 16.3 Å². The number of hydrogen-bond donors (Lipinski definition) is 2. The van der Waals surface area contributed by atoms with E-state index < -0.39 is 11.7 Å². The van der Waals surface area contributed by atoms with Crippen molar-refractivity contribution in [3.05, 3.63) is 58.1 Å². The fourth-order valence-corrected chi connectivity index (χ4v) is 2.43. The van der Waals surface area contributed by atoms with E-state index in [1.807, 2.05) is 6.92 Å². The smallest absolute Gasteiger partial charge is 0.417 e. The van der Waals surface area contributed by atoms with Crippen molar-refractivity contribution in [1.29, 1.82) is 0 Å². The molecule has 2 N–H and O–H groups in total. The molecule has 0 aromatic heterocycles. The van der Waals surface area contributed by atoms with Crippen LogP contribution in [0.2, 0.25) is 0 Å². The third-order valence-corrected chi connectivity index (χ3v) is 3.72. The number of anilines is 1. The molecule has 2 aromatic carbocycles. The van der Waals surface area contributed by atoms with Crippen LogP contribution in [0.3, 0.4) is 0 Å². The molecule has 0 bridgehead atoms. The summed E-state index contributed by atoms with van der Waals surface area (Å²) in [6, 6.07) is 10.3. The molecule has 2 aromatic rings. The Balaban J connectivity index is 2.24. The molecule has 0 heterocycles. The van der Waals surface area contributed by atoms with Crippen LogP contribution in [0.1, 0.15) is 24.1 Å². The van der Waals surface area contributed by atoms with E-state index in [4.69, 9.17) is 0 Å². The highest BCUT2D eigenvalue weighted by atomic mass is 79.9. The normalized spacial score (nSPS) is 13.0. The lowest BCUT2D eigenvalue weighted by Gasteiger charge is -2.18. The highest BCUT2D eigenvalue weighted by Gasteiger charge is 2.33. The Kier molecular flexibility index (Phi) is 4.46. The fourth-order valence-electron chi connectivity index (χ4n) is 1.96. The van der Waals surface area contributed by atoms with E-state index in [1.165, 1.54) is 12.1 Å². The number of hydrogen-bond acceptors (Lipinski definition) is 2. The Labute approximate surface area is 128 Å². The maximum absolute atomic E-state index is 12.9. The topological polar surface area (TPSA) is 32.3 Å². The van der Waals surface area contributed by atoms with Crippen LogP contribution in [-0.2, 0) is 6.18 Å². The molecule has 21 heavy (non-hydrogen) atoms. The van der Waals surface area contributed by atoms with Gasteiger partial charge in [0.15, 0.2) is 0 Å². The second kappa shape index (κ2) is 5.97. The predicted octanol–water partition coefficient (Wildman–Crippen LogP) is 5.35. The van der Waals surface area contributed by atoms with Crippen LogP contribution in [0.4, 0.5) is 18.9 Å². The Hall–Kier alpha value is -1.69. The van der Waals surface area contributed by atoms with Crippen molar-refractivity contribution in [3.8, 4) is 5.75 Å². The second-order valence-corrected chi connectivity index (χ2v) is 5.51. The fraction of sp³-hybridized carbons (Fsp3) is 0.200. The number of alkyl halides is 3. The van der Waals surface area contributed by atoms with E-state index in [9.17, 15) is 18.3 Å². The van der Waals surface area contributed by atoms with Crippen LogP contribution >= 0.6 is 15.9 Å². The van der Waals surface area contributed by atoms with Crippen LogP contribution < -0.4 is 5.32 Å². The zero-order valence-corrected chi connectivity index (χ0v) is 12.7. The van der Waals surface area contributed by atoms with Crippen LogP contribution in [0.15, 0.2) is 46.9 Å². The molecule has 112 valence electrons. The highest BCUT2D eigenvalue weighted by Crippen LogP contribution is 2.37. The average molecular weight is 360 g/mol. The molecular formula is C15H13BrF3NO. The van der Waals surface area contributed by atoms with E-state index >= 15 is 0 Å². The van der Waals surface area contributed by atoms with Gasteiger partial charge in [0.05, 0.1) is 5.56 Å². The Morgan fingerprint density at radius 3 is 2.48 bits per heavy atom. The zero-order valence-electron chi connectivity index (χ0n) is 11.1. The third kappa shape index (κ3) is 3.91. The largest absolute Gasteiger partial charge is 0.508 e. The van der Waals surface area contributed by atoms with Gasteiger partial charge in [-0.15, -0.1) is 0 Å². The average Bonchev–Trinajstić information content (AvgIpc) is 2.39. The molecule has 0 fully saturated rings. The Morgan fingerprint density at radius 2 is 1.86 bits per heavy atom. The van der Waals surface area contributed by atoms with E-state index in [1.54, 1.807) is 24.3 Å². The number of rotatable bonds is 3. The minimum atomic E-state index is -4.41. The Morgan fingerprint density at radius 1 is 1.14 bits per heavy atom. The summed E-state index contributed by atoms with van der Waals surface area (Å²) in [4.78, 5) is 0. The molecule has 0 aliphatic rings. The first-order valence-corrected chi connectivity index (χ1v) is 6.99. The van der Waals surface area contributed by atoms with Gasteiger partial charge in [-0.05, 0) is 42.8 Å². The first kappa shape index (κ1) is 15.7. The molecule has 1 atom stereocenters. The van der Waals surface area contributed by atoms with Gasteiger partial charge in [-0.1, -0.05) is 28.1 Å². The molecule has 0 spiro atoms. The summed E-state index contributed by atoms with van der Waals surface area (Å²) >= 11 is 2.91. The summed E-state index contributed by atoms with van der Waals surface area (Å²) in [5, 5.41) is 12.4. The number of nitrogens with one attached hydrogen (secondary N) is 1. The molecule has 0 aliphatic heterocycles. The van der Waals surface area contributed by atoms with Crippen molar-refractivity contribution in [2.24, 2.45) is 0 Å². The first-order chi connectivity index (χ1) is 9.77. The summed E-state index contributed by atoms with van der Waals surface area (Å²) < 4.78 is 38.6. The molecule has 2 rings (SSSR count). The van der Waals surface area contributed by atoms with Gasteiger partial charge in [-0.3, -0.25) is 0 Å². The summed E-state index contributed by atoms with van der Waals surface area (Å²) in [6.07, 6.45) is -4.41. The lowest BCUT2D eigenvalue weighted by atomic mass is 10.1. The van der Waals surface area contributed by atoms with E-state index in [2.05, 4.69) is 21.2 Å². The van der Waals surface area contributed by atoms with Gasteiger partial charge in [-0.25, -0.2) is 0 Å². The molecule has 6 heteroatoms. The van der Waals surface area contributed by atoms with Gasteiger partial charge in [0.25, 0.3) is 0 Å². The molecule has 0 amide bonds. The van der Waals surface area contributed by atoms with Gasteiger partial charge in [0.2, 0.25) is 0 Å². The van der Waals surface area contributed by atoms with Gasteiger partial charge in [0.1, 0.15) is 5.75 Å². The summed E-state index contributed by atoms with van der Waals surface area (Å²) in [5.41, 5.74) is 0.420. The number of phenols is 1. The molecule has 0 saturated carbocycles. The highest BCUT2D eigenvalue weighted by molar-refractivity contribution is 9.10. The van der Waals surface area contributed by atoms with E-state index in [0.29, 0.717) is 5.69 Å². The lowest BCUT2D eigenvalue weighted by molar-refractivity contribution is -0.138. The number of halogens is 4. The molecule has 0 aliphatic carbocycles. The minimum absolute atomic E-state index is 0.00515. The predicted molar refractivity (Wildman–Crippen MR) is 79.3 cm³/mol. The maximum Gasteiger partial charge on any atom is 0.417 e. The molecule has 0 radical (unpaired) electrons. The van der Waals surface area contributed by atoms with Crippen molar-refractivity contribution in [1.82, 2.24) is 0 Å². The van der Waals surface area contributed by atoms with Crippen molar-refractivity contribution in [2.45, 2.75) is 19.1 Å². The summed E-state index contributed by atoms with van der Waals surface area (Å²) in [7, 11) is 0. The van der Waals surface area contributed by atoms with Crippen molar-refractivity contribution < 1.29 is 18.3 Å². The SMILES string of the molecule is CC(Nc1ccc(Br)c(C(F)(F)F)c1)c1cccc(O)c1.